The molecule has 0 radical (unpaired) electrons. The first-order valence-corrected chi connectivity index (χ1v) is 5.06. The Balaban J connectivity index is 2.32. The molecule has 0 spiro atoms. The lowest BCUT2D eigenvalue weighted by molar-refractivity contribution is 0.0957. The molecule has 8 heteroatoms. The van der Waals surface area contributed by atoms with E-state index in [1.54, 1.807) is 6.07 Å². The molecule has 0 aliphatic rings. The number of halogens is 1. The Kier molecular flexibility index (Phi) is 2.92. The Labute approximate surface area is 102 Å². The quantitative estimate of drug-likeness (QED) is 0.799. The summed E-state index contributed by atoms with van der Waals surface area (Å²) < 4.78 is 1.39. The molecule has 2 aromatic heterocycles. The molecule has 2 aromatic rings. The highest BCUT2D eigenvalue weighted by molar-refractivity contribution is 6.32. The standard InChI is InChI=1S/C9H9ClN6O/c1-12-9(17)6-2-3-7(14-13-6)16-4-5(10)8(11)15-16/h2-4H,1H3,(H2,11,15)(H,12,17). The molecule has 0 fully saturated rings. The molecule has 7 nitrogen and oxygen atoms in total. The van der Waals surface area contributed by atoms with Crippen molar-refractivity contribution in [2.45, 2.75) is 0 Å². The monoisotopic (exact) mass is 252 g/mol. The van der Waals surface area contributed by atoms with Crippen molar-refractivity contribution < 1.29 is 4.79 Å². The molecule has 0 bridgehead atoms. The van der Waals surface area contributed by atoms with E-state index in [-0.39, 0.29) is 17.4 Å². The number of nitrogens with zero attached hydrogens (tertiary/aromatic N) is 4. The molecule has 0 aliphatic heterocycles. The van der Waals surface area contributed by atoms with E-state index in [0.29, 0.717) is 10.8 Å². The van der Waals surface area contributed by atoms with Gasteiger partial charge in [0.05, 0.1) is 6.20 Å². The summed E-state index contributed by atoms with van der Waals surface area (Å²) in [6.45, 7) is 0. The topological polar surface area (TPSA) is 98.7 Å². The van der Waals surface area contributed by atoms with Crippen LogP contribution in [0.15, 0.2) is 18.3 Å². The lowest BCUT2D eigenvalue weighted by atomic mass is 10.3. The number of anilines is 1. The summed E-state index contributed by atoms with van der Waals surface area (Å²) in [6.07, 6.45) is 1.51. The highest BCUT2D eigenvalue weighted by Gasteiger charge is 2.08. The van der Waals surface area contributed by atoms with Crippen LogP contribution in [0.3, 0.4) is 0 Å². The first-order chi connectivity index (χ1) is 8.11. The van der Waals surface area contributed by atoms with Crippen LogP contribution in [0.2, 0.25) is 5.02 Å². The molecule has 17 heavy (non-hydrogen) atoms. The van der Waals surface area contributed by atoms with E-state index in [1.165, 1.54) is 24.0 Å². The lowest BCUT2D eigenvalue weighted by Gasteiger charge is -2.00. The third-order valence-electron chi connectivity index (χ3n) is 2.04. The second-order valence-corrected chi connectivity index (χ2v) is 3.57. The predicted octanol–water partition coefficient (Wildman–Crippen LogP) is 0.257. The van der Waals surface area contributed by atoms with Crippen LogP contribution in [-0.2, 0) is 0 Å². The minimum atomic E-state index is -0.304. The van der Waals surface area contributed by atoms with Crippen molar-refractivity contribution in [2.75, 3.05) is 12.8 Å². The van der Waals surface area contributed by atoms with Crippen molar-refractivity contribution in [3.8, 4) is 5.82 Å². The number of carbonyl (C=O) groups excluding carboxylic acids is 1. The number of nitrogen functional groups attached to an aromatic ring is 1. The highest BCUT2D eigenvalue weighted by atomic mass is 35.5. The van der Waals surface area contributed by atoms with E-state index in [9.17, 15) is 4.79 Å². The summed E-state index contributed by atoms with van der Waals surface area (Å²) >= 11 is 5.76. The van der Waals surface area contributed by atoms with Crippen molar-refractivity contribution in [3.63, 3.8) is 0 Å². The van der Waals surface area contributed by atoms with E-state index in [2.05, 4.69) is 20.6 Å². The molecular weight excluding hydrogens is 244 g/mol. The molecule has 0 saturated carbocycles. The van der Waals surface area contributed by atoms with Gasteiger partial charge in [-0.05, 0) is 12.1 Å². The van der Waals surface area contributed by atoms with Crippen LogP contribution < -0.4 is 11.1 Å². The summed E-state index contributed by atoms with van der Waals surface area (Å²) in [7, 11) is 1.52. The normalized spacial score (nSPS) is 10.2. The number of carbonyl (C=O) groups is 1. The Bertz CT molecular complexity index is 530. The number of aromatic nitrogens is 4. The van der Waals surface area contributed by atoms with Gasteiger partial charge in [-0.3, -0.25) is 4.79 Å². The second-order valence-electron chi connectivity index (χ2n) is 3.16. The third-order valence-corrected chi connectivity index (χ3v) is 2.33. The summed E-state index contributed by atoms with van der Waals surface area (Å²) in [4.78, 5) is 11.2. The zero-order valence-corrected chi connectivity index (χ0v) is 9.64. The van der Waals surface area contributed by atoms with Crippen LogP contribution in [-0.4, -0.2) is 32.9 Å². The van der Waals surface area contributed by atoms with Crippen LogP contribution in [0.4, 0.5) is 5.82 Å². The van der Waals surface area contributed by atoms with Gasteiger partial charge < -0.3 is 11.1 Å². The van der Waals surface area contributed by atoms with Crippen LogP contribution >= 0.6 is 11.6 Å². The number of nitrogens with two attached hydrogens (primary N) is 1. The maximum absolute atomic E-state index is 11.2. The van der Waals surface area contributed by atoms with E-state index >= 15 is 0 Å². The van der Waals surface area contributed by atoms with E-state index in [0.717, 1.165) is 0 Å². The van der Waals surface area contributed by atoms with E-state index in [1.807, 2.05) is 0 Å². The molecule has 0 aliphatic carbocycles. The molecule has 2 rings (SSSR count). The molecule has 2 heterocycles. The van der Waals surface area contributed by atoms with Crippen molar-refractivity contribution in [1.29, 1.82) is 0 Å². The number of amides is 1. The smallest absolute Gasteiger partial charge is 0.271 e. The fourth-order valence-electron chi connectivity index (χ4n) is 1.18. The molecule has 0 unspecified atom stereocenters. The average molecular weight is 253 g/mol. The molecule has 0 atom stereocenters. The summed E-state index contributed by atoms with van der Waals surface area (Å²) in [5.74, 6) is 0.335. The largest absolute Gasteiger partial charge is 0.381 e. The Morgan fingerprint density at radius 1 is 1.47 bits per heavy atom. The number of hydrogen-bond acceptors (Lipinski definition) is 5. The fourth-order valence-corrected chi connectivity index (χ4v) is 1.31. The van der Waals surface area contributed by atoms with E-state index < -0.39 is 0 Å². The Hall–Kier alpha value is -2.15. The molecule has 0 saturated heterocycles. The minimum absolute atomic E-state index is 0.212. The van der Waals surface area contributed by atoms with Crippen molar-refractivity contribution in [3.05, 3.63) is 29.0 Å². The number of rotatable bonds is 2. The van der Waals surface area contributed by atoms with Gasteiger partial charge in [-0.25, -0.2) is 4.68 Å². The Morgan fingerprint density at radius 2 is 2.24 bits per heavy atom. The molecule has 3 N–H and O–H groups in total. The van der Waals surface area contributed by atoms with Crippen LogP contribution in [0.5, 0.6) is 0 Å². The van der Waals surface area contributed by atoms with Gasteiger partial charge in [0.2, 0.25) is 0 Å². The minimum Gasteiger partial charge on any atom is -0.381 e. The predicted molar refractivity (Wildman–Crippen MR) is 62.0 cm³/mol. The van der Waals surface area contributed by atoms with Crippen LogP contribution in [0.1, 0.15) is 10.5 Å². The first-order valence-electron chi connectivity index (χ1n) is 4.68. The van der Waals surface area contributed by atoms with Gasteiger partial charge in [0, 0.05) is 7.05 Å². The van der Waals surface area contributed by atoms with Gasteiger partial charge in [0.25, 0.3) is 5.91 Å². The SMILES string of the molecule is CNC(=O)c1ccc(-n2cc(Cl)c(N)n2)nn1. The van der Waals surface area contributed by atoms with Gasteiger partial charge in [-0.15, -0.1) is 15.3 Å². The zero-order chi connectivity index (χ0) is 12.4. The zero-order valence-electron chi connectivity index (χ0n) is 8.88. The molecule has 88 valence electrons. The van der Waals surface area contributed by atoms with Gasteiger partial charge in [-0.2, -0.15) is 0 Å². The van der Waals surface area contributed by atoms with Gasteiger partial charge in [0.15, 0.2) is 17.3 Å². The maximum Gasteiger partial charge on any atom is 0.271 e. The maximum atomic E-state index is 11.2. The van der Waals surface area contributed by atoms with Gasteiger partial charge >= 0.3 is 0 Å². The third kappa shape index (κ3) is 2.18. The molecule has 0 aromatic carbocycles. The van der Waals surface area contributed by atoms with Crippen molar-refractivity contribution >= 4 is 23.3 Å². The van der Waals surface area contributed by atoms with Crippen molar-refractivity contribution in [2.24, 2.45) is 0 Å². The summed E-state index contributed by atoms with van der Waals surface area (Å²) in [5.41, 5.74) is 5.73. The number of nitrogens with one attached hydrogen (secondary N) is 1. The van der Waals surface area contributed by atoms with Gasteiger partial charge in [-0.1, -0.05) is 11.6 Å². The van der Waals surface area contributed by atoms with Gasteiger partial charge in [0.1, 0.15) is 5.02 Å². The highest BCUT2D eigenvalue weighted by Crippen LogP contribution is 2.17. The first kappa shape index (κ1) is 11.3. The average Bonchev–Trinajstić information content (AvgIpc) is 2.69. The molecular formula is C9H9ClN6O. The summed E-state index contributed by atoms with van der Waals surface area (Å²) in [5, 5.41) is 14.3. The van der Waals surface area contributed by atoms with Crippen LogP contribution in [0, 0.1) is 0 Å². The second kappa shape index (κ2) is 4.38. The number of hydrogen-bond donors (Lipinski definition) is 2. The van der Waals surface area contributed by atoms with Crippen LogP contribution in [0.25, 0.3) is 5.82 Å². The Morgan fingerprint density at radius 3 is 2.71 bits per heavy atom. The van der Waals surface area contributed by atoms with Crippen molar-refractivity contribution in [1.82, 2.24) is 25.3 Å². The van der Waals surface area contributed by atoms with E-state index in [4.69, 9.17) is 17.3 Å². The fraction of sp³-hybridized carbons (Fsp3) is 0.111. The summed E-state index contributed by atoms with van der Waals surface area (Å²) in [6, 6.07) is 3.13. The lowest BCUT2D eigenvalue weighted by Crippen LogP contribution is -2.19. The molecule has 1 amide bonds.